The summed E-state index contributed by atoms with van der Waals surface area (Å²) in [6.45, 7) is 2.73. The molecule has 0 fully saturated rings. The number of carbonyl (C=O) groups is 2. The van der Waals surface area contributed by atoms with Crippen molar-refractivity contribution < 1.29 is 14.3 Å². The number of benzene rings is 2. The molecule has 2 aromatic carbocycles. The number of anilines is 1. The topological polar surface area (TPSA) is 51.5 Å². The zero-order valence-electron chi connectivity index (χ0n) is 17.2. The third-order valence-corrected chi connectivity index (χ3v) is 5.34. The first kappa shape index (κ1) is 19.0. The monoisotopic (exact) mass is 388 g/mol. The zero-order chi connectivity index (χ0) is 20.7. The molecule has 148 valence electrons. The number of hydrogen-bond donors (Lipinski definition) is 0. The molecule has 29 heavy (non-hydrogen) atoms. The van der Waals surface area contributed by atoms with Gasteiger partial charge in [0.2, 0.25) is 11.7 Å². The fraction of sp³-hybridized carbons (Fsp3) is 0.250. The average molecular weight is 388 g/mol. The van der Waals surface area contributed by atoms with E-state index in [1.54, 1.807) is 13.3 Å². The highest BCUT2D eigenvalue weighted by Crippen LogP contribution is 2.40. The molecule has 3 aromatic rings. The van der Waals surface area contributed by atoms with Crippen LogP contribution in [0.2, 0.25) is 0 Å². The summed E-state index contributed by atoms with van der Waals surface area (Å²) in [4.78, 5) is 28.9. The van der Waals surface area contributed by atoms with Gasteiger partial charge in [0.1, 0.15) is 0 Å². The lowest BCUT2D eigenvalue weighted by Crippen LogP contribution is -2.24. The van der Waals surface area contributed by atoms with Gasteiger partial charge in [-0.25, -0.2) is 0 Å². The molecule has 0 saturated heterocycles. The molecule has 1 aliphatic carbocycles. The molecule has 0 spiro atoms. The largest absolute Gasteiger partial charge is 0.482 e. The van der Waals surface area contributed by atoms with Crippen LogP contribution < -0.4 is 9.64 Å². The van der Waals surface area contributed by atoms with Crippen LogP contribution in [0, 0.1) is 0 Å². The van der Waals surface area contributed by atoms with Gasteiger partial charge in [0.15, 0.2) is 5.78 Å². The van der Waals surface area contributed by atoms with E-state index in [0.717, 1.165) is 23.2 Å². The number of carbonyl (C=O) groups excluding carboxylic acids is 2. The third-order valence-electron chi connectivity index (χ3n) is 5.34. The van der Waals surface area contributed by atoms with Gasteiger partial charge in [-0.1, -0.05) is 37.3 Å². The van der Waals surface area contributed by atoms with Crippen LogP contribution in [0.25, 0.3) is 11.1 Å². The fourth-order valence-corrected chi connectivity index (χ4v) is 4.02. The van der Waals surface area contributed by atoms with Crippen molar-refractivity contribution in [2.75, 3.05) is 26.1 Å². The molecule has 5 nitrogen and oxygen atoms in total. The number of nitrogens with zero attached hydrogens (tertiary/aromatic N) is 2. The lowest BCUT2D eigenvalue weighted by Gasteiger charge is -2.24. The van der Waals surface area contributed by atoms with Crippen molar-refractivity contribution in [2.45, 2.75) is 19.9 Å². The second-order valence-corrected chi connectivity index (χ2v) is 7.46. The van der Waals surface area contributed by atoms with Crippen LogP contribution in [0.15, 0.2) is 48.7 Å². The van der Waals surface area contributed by atoms with Crippen molar-refractivity contribution in [3.63, 3.8) is 0 Å². The maximum atomic E-state index is 13.6. The van der Waals surface area contributed by atoms with Gasteiger partial charge in [0.05, 0.1) is 23.8 Å². The molecule has 0 bridgehead atoms. The number of fused-ring (bicyclic) bond motifs is 2. The Morgan fingerprint density at radius 3 is 2.28 bits per heavy atom. The van der Waals surface area contributed by atoms with E-state index in [-0.39, 0.29) is 11.6 Å². The van der Waals surface area contributed by atoms with Gasteiger partial charge in [-0.2, -0.15) is 0 Å². The summed E-state index contributed by atoms with van der Waals surface area (Å²) in [5.74, 6) is 0.163. The molecular formula is C24H24N2O3. The molecule has 0 amide bonds. The van der Waals surface area contributed by atoms with Crippen molar-refractivity contribution >= 4 is 17.3 Å². The molecule has 1 aromatic heterocycles. The molecule has 1 heterocycles. The van der Waals surface area contributed by atoms with Crippen LogP contribution >= 0.6 is 0 Å². The molecule has 0 atom stereocenters. The lowest BCUT2D eigenvalue weighted by atomic mass is 9.83. The summed E-state index contributed by atoms with van der Waals surface area (Å²) in [6, 6.07) is 13.7. The summed E-state index contributed by atoms with van der Waals surface area (Å²) in [6.07, 6.45) is 2.63. The summed E-state index contributed by atoms with van der Waals surface area (Å²) < 4.78 is 7.40. The summed E-state index contributed by atoms with van der Waals surface area (Å²) >= 11 is 0. The Hall–Kier alpha value is -3.34. The number of hydrogen-bond acceptors (Lipinski definition) is 4. The average Bonchev–Trinajstić information content (AvgIpc) is 3.10. The first-order valence-corrected chi connectivity index (χ1v) is 9.75. The molecule has 4 rings (SSSR count). The molecule has 0 unspecified atom stereocenters. The number of aryl methyl sites for hydroxylation is 1. The van der Waals surface area contributed by atoms with Crippen molar-refractivity contribution in [3.8, 4) is 17.0 Å². The fourth-order valence-electron chi connectivity index (χ4n) is 4.02. The Kier molecular flexibility index (Phi) is 4.74. The van der Waals surface area contributed by atoms with Crippen LogP contribution in [0.3, 0.4) is 0 Å². The molecule has 0 aliphatic heterocycles. The van der Waals surface area contributed by atoms with E-state index < -0.39 is 0 Å². The van der Waals surface area contributed by atoms with Gasteiger partial charge >= 0.3 is 0 Å². The Bertz CT molecular complexity index is 1110. The Morgan fingerprint density at radius 1 is 0.931 bits per heavy atom. The summed E-state index contributed by atoms with van der Waals surface area (Å²) in [7, 11) is 5.31. The van der Waals surface area contributed by atoms with Crippen molar-refractivity contribution in [1.82, 2.24) is 4.57 Å². The normalized spacial score (nSPS) is 12.6. The van der Waals surface area contributed by atoms with Gasteiger partial charge in [0.25, 0.3) is 0 Å². The quantitative estimate of drug-likeness (QED) is 0.508. The van der Waals surface area contributed by atoms with Crippen LogP contribution in [-0.4, -0.2) is 37.3 Å². The third kappa shape index (κ3) is 2.94. The van der Waals surface area contributed by atoms with Gasteiger partial charge in [0, 0.05) is 38.1 Å². The minimum Gasteiger partial charge on any atom is -0.482 e. The van der Waals surface area contributed by atoms with Gasteiger partial charge in [-0.05, 0) is 29.7 Å². The number of aromatic nitrogens is 1. The molecule has 0 saturated carbocycles. The zero-order valence-corrected chi connectivity index (χ0v) is 17.2. The molecule has 5 heteroatoms. The highest BCUT2D eigenvalue weighted by molar-refractivity contribution is 6.31. The highest BCUT2D eigenvalue weighted by atomic mass is 16.5. The van der Waals surface area contributed by atoms with Crippen molar-refractivity contribution in [2.24, 2.45) is 0 Å². The number of rotatable bonds is 5. The smallest absolute Gasteiger partial charge is 0.205 e. The number of ketones is 2. The van der Waals surface area contributed by atoms with Crippen molar-refractivity contribution in [3.05, 3.63) is 70.9 Å². The maximum absolute atomic E-state index is 13.6. The minimum atomic E-state index is -0.162. The van der Waals surface area contributed by atoms with Gasteiger partial charge < -0.3 is 14.2 Å². The van der Waals surface area contributed by atoms with E-state index in [1.807, 2.05) is 73.0 Å². The standard InChI is InChI=1S/C24H24N2O3/c1-5-11-26-14-18-21(24(26)29-4)23(28)20-17(22(18)27)12-16(13-19(20)25(2)3)15-9-7-6-8-10-15/h6-10,12-14H,5,11H2,1-4H3. The van der Waals surface area contributed by atoms with Crippen molar-refractivity contribution in [1.29, 1.82) is 0 Å². The molecule has 0 N–H and O–H groups in total. The Labute approximate surface area is 170 Å². The first-order chi connectivity index (χ1) is 14.0. The Balaban J connectivity index is 1.98. The van der Waals surface area contributed by atoms with Crippen LogP contribution in [-0.2, 0) is 6.54 Å². The van der Waals surface area contributed by atoms with E-state index in [0.29, 0.717) is 34.7 Å². The van der Waals surface area contributed by atoms with E-state index in [4.69, 9.17) is 4.74 Å². The number of ether oxygens (including phenoxy) is 1. The van der Waals surface area contributed by atoms with Gasteiger partial charge in [-0.15, -0.1) is 0 Å². The van der Waals surface area contributed by atoms with Crippen LogP contribution in [0.4, 0.5) is 5.69 Å². The highest BCUT2D eigenvalue weighted by Gasteiger charge is 2.37. The molecule has 0 radical (unpaired) electrons. The summed E-state index contributed by atoms with van der Waals surface area (Å²) in [5, 5.41) is 0. The molecule has 1 aliphatic rings. The minimum absolute atomic E-state index is 0.136. The predicted molar refractivity (Wildman–Crippen MR) is 114 cm³/mol. The second-order valence-electron chi connectivity index (χ2n) is 7.46. The van der Waals surface area contributed by atoms with Crippen LogP contribution in [0.5, 0.6) is 5.88 Å². The van der Waals surface area contributed by atoms with E-state index >= 15 is 0 Å². The van der Waals surface area contributed by atoms with E-state index in [2.05, 4.69) is 0 Å². The predicted octanol–water partition coefficient (Wildman–Crippen LogP) is 4.42. The number of methoxy groups -OCH3 is 1. The SMILES string of the molecule is CCCn1cc2c(c1OC)C(=O)c1c(cc(-c3ccccc3)cc1N(C)C)C2=O. The van der Waals surface area contributed by atoms with Gasteiger partial charge in [-0.3, -0.25) is 9.59 Å². The van der Waals surface area contributed by atoms with E-state index in [9.17, 15) is 9.59 Å². The second kappa shape index (κ2) is 7.24. The maximum Gasteiger partial charge on any atom is 0.205 e. The summed E-state index contributed by atoms with van der Waals surface area (Å²) in [5.41, 5.74) is 4.33. The first-order valence-electron chi connectivity index (χ1n) is 9.75. The lowest BCUT2D eigenvalue weighted by molar-refractivity contribution is 0.0978. The Morgan fingerprint density at radius 2 is 1.66 bits per heavy atom. The molecular weight excluding hydrogens is 364 g/mol. The van der Waals surface area contributed by atoms with E-state index in [1.165, 1.54) is 0 Å². The van der Waals surface area contributed by atoms with Crippen LogP contribution in [0.1, 0.15) is 45.2 Å².